The molecule has 0 radical (unpaired) electrons. The summed E-state index contributed by atoms with van der Waals surface area (Å²) in [5.74, 6) is 0. The third-order valence-electron chi connectivity index (χ3n) is 3.41. The number of alkyl halides is 3. The van der Waals surface area contributed by atoms with Gasteiger partial charge in [-0.15, -0.1) is 0 Å². The van der Waals surface area contributed by atoms with Crippen LogP contribution >= 0.6 is 0 Å². The Morgan fingerprint density at radius 2 is 1.56 bits per heavy atom. The second kappa shape index (κ2) is 5.05. The molecule has 0 aliphatic rings. The molecular weight excluding hydrogens is 257 g/mol. The van der Waals surface area contributed by atoms with Crippen molar-refractivity contribution in [2.24, 2.45) is 0 Å². The molecule has 0 saturated heterocycles. The number of hydrogen-bond donors (Lipinski definition) is 1. The van der Waals surface area contributed by atoms with E-state index in [1.807, 2.05) is 27.7 Å². The predicted octanol–water partition coefficient (Wildman–Crippen LogP) is 3.67. The SMILES string of the molecule is CC(C)[Si](O)(c1cccc(C(F)(F)F)c1)C(C)C. The maximum absolute atomic E-state index is 12.7. The van der Waals surface area contributed by atoms with Crippen molar-refractivity contribution in [3.63, 3.8) is 0 Å². The second-order valence-electron chi connectivity index (χ2n) is 5.21. The first-order chi connectivity index (χ1) is 8.10. The molecule has 1 rings (SSSR count). The van der Waals surface area contributed by atoms with Crippen molar-refractivity contribution >= 4 is 13.5 Å². The number of benzene rings is 1. The van der Waals surface area contributed by atoms with Crippen LogP contribution in [0.2, 0.25) is 11.1 Å². The standard InChI is InChI=1S/C13H19F3OSi/c1-9(2)18(17,10(3)4)12-7-5-6-11(8-12)13(14,15)16/h5-10,17H,1-4H3. The lowest BCUT2D eigenvalue weighted by Crippen LogP contribution is -2.53. The minimum absolute atomic E-state index is 0.0269. The van der Waals surface area contributed by atoms with E-state index in [2.05, 4.69) is 0 Å². The third kappa shape index (κ3) is 2.78. The Hall–Kier alpha value is -0.813. The summed E-state index contributed by atoms with van der Waals surface area (Å²) in [6.07, 6.45) is -4.36. The lowest BCUT2D eigenvalue weighted by Gasteiger charge is -2.34. The molecule has 1 nitrogen and oxygen atoms in total. The van der Waals surface area contributed by atoms with Gasteiger partial charge in [-0.3, -0.25) is 0 Å². The van der Waals surface area contributed by atoms with Gasteiger partial charge in [-0.1, -0.05) is 45.9 Å². The van der Waals surface area contributed by atoms with Crippen LogP contribution in [0, 0.1) is 0 Å². The highest BCUT2D eigenvalue weighted by molar-refractivity contribution is 6.87. The molecule has 0 aliphatic carbocycles. The second-order valence-corrected chi connectivity index (χ2v) is 9.75. The third-order valence-corrected chi connectivity index (χ3v) is 8.17. The molecule has 0 fully saturated rings. The average molecular weight is 276 g/mol. The molecule has 1 N–H and O–H groups in total. The maximum Gasteiger partial charge on any atom is 0.416 e. The number of hydrogen-bond acceptors (Lipinski definition) is 1. The van der Waals surface area contributed by atoms with Gasteiger partial charge in [-0.05, 0) is 22.3 Å². The van der Waals surface area contributed by atoms with Crippen molar-refractivity contribution in [3.05, 3.63) is 29.8 Å². The van der Waals surface area contributed by atoms with Crippen LogP contribution in [0.15, 0.2) is 24.3 Å². The molecule has 0 aliphatic heterocycles. The molecular formula is C13H19F3OSi. The van der Waals surface area contributed by atoms with Gasteiger partial charge in [-0.25, -0.2) is 0 Å². The van der Waals surface area contributed by atoms with Crippen LogP contribution in [0.1, 0.15) is 33.3 Å². The molecule has 0 heterocycles. The van der Waals surface area contributed by atoms with Gasteiger partial charge in [0.15, 0.2) is 0 Å². The van der Waals surface area contributed by atoms with E-state index in [1.54, 1.807) is 6.07 Å². The van der Waals surface area contributed by atoms with E-state index in [4.69, 9.17) is 0 Å². The van der Waals surface area contributed by atoms with Crippen molar-refractivity contribution in [2.75, 3.05) is 0 Å². The molecule has 0 bridgehead atoms. The summed E-state index contributed by atoms with van der Waals surface area (Å²) in [6.45, 7) is 7.47. The van der Waals surface area contributed by atoms with Gasteiger partial charge >= 0.3 is 6.18 Å². The quantitative estimate of drug-likeness (QED) is 0.835. The molecule has 18 heavy (non-hydrogen) atoms. The smallest absolute Gasteiger partial charge is 0.416 e. The average Bonchev–Trinajstić information content (AvgIpc) is 2.26. The summed E-state index contributed by atoms with van der Waals surface area (Å²) in [5.41, 5.74) is -0.741. The fraction of sp³-hybridized carbons (Fsp3) is 0.538. The Morgan fingerprint density at radius 3 is 1.94 bits per heavy atom. The zero-order chi connectivity index (χ0) is 14.1. The van der Waals surface area contributed by atoms with Crippen molar-refractivity contribution in [1.29, 1.82) is 0 Å². The Balaban J connectivity index is 3.32. The van der Waals surface area contributed by atoms with Crippen molar-refractivity contribution < 1.29 is 18.0 Å². The van der Waals surface area contributed by atoms with Crippen LogP contribution in [0.25, 0.3) is 0 Å². The van der Waals surface area contributed by atoms with E-state index < -0.39 is 20.1 Å². The molecule has 0 amide bonds. The highest BCUT2D eigenvalue weighted by atomic mass is 28.4. The fourth-order valence-electron chi connectivity index (χ4n) is 2.28. The first-order valence-corrected chi connectivity index (χ1v) is 8.10. The minimum atomic E-state index is -4.36. The van der Waals surface area contributed by atoms with Crippen LogP contribution < -0.4 is 5.19 Å². The Labute approximate surface area is 107 Å². The molecule has 1 aromatic carbocycles. The Bertz CT molecular complexity index is 405. The van der Waals surface area contributed by atoms with Gasteiger partial charge in [0, 0.05) is 0 Å². The zero-order valence-electron chi connectivity index (χ0n) is 11.0. The molecule has 0 saturated carbocycles. The molecule has 0 unspecified atom stereocenters. The van der Waals surface area contributed by atoms with E-state index in [0.29, 0.717) is 5.19 Å². The lowest BCUT2D eigenvalue weighted by atomic mass is 10.2. The normalized spacial score (nSPS) is 13.4. The summed E-state index contributed by atoms with van der Waals surface area (Å²) >= 11 is 0. The summed E-state index contributed by atoms with van der Waals surface area (Å²) < 4.78 is 38.1. The van der Waals surface area contributed by atoms with Gasteiger partial charge in [0.25, 0.3) is 0 Å². The van der Waals surface area contributed by atoms with E-state index in [9.17, 15) is 18.0 Å². The summed E-state index contributed by atoms with van der Waals surface area (Å²) in [7, 11) is -2.89. The highest BCUT2D eigenvalue weighted by Crippen LogP contribution is 2.32. The lowest BCUT2D eigenvalue weighted by molar-refractivity contribution is -0.137. The van der Waals surface area contributed by atoms with Gasteiger partial charge in [0.05, 0.1) is 5.56 Å². The molecule has 102 valence electrons. The van der Waals surface area contributed by atoms with Gasteiger partial charge in [0.1, 0.15) is 0 Å². The summed E-state index contributed by atoms with van der Waals surface area (Å²) in [5, 5.41) is 0.460. The van der Waals surface area contributed by atoms with Gasteiger partial charge in [0.2, 0.25) is 8.32 Å². The minimum Gasteiger partial charge on any atom is -0.427 e. The molecule has 5 heteroatoms. The molecule has 0 aromatic heterocycles. The van der Waals surface area contributed by atoms with Crippen LogP contribution in [0.5, 0.6) is 0 Å². The topological polar surface area (TPSA) is 20.2 Å². The van der Waals surface area contributed by atoms with E-state index in [-0.39, 0.29) is 11.1 Å². The van der Waals surface area contributed by atoms with E-state index in [1.165, 1.54) is 6.07 Å². The van der Waals surface area contributed by atoms with Crippen molar-refractivity contribution in [1.82, 2.24) is 0 Å². The Kier molecular flexibility index (Phi) is 4.28. The first-order valence-electron chi connectivity index (χ1n) is 6.00. The van der Waals surface area contributed by atoms with Gasteiger partial charge in [-0.2, -0.15) is 13.2 Å². The highest BCUT2D eigenvalue weighted by Gasteiger charge is 2.42. The van der Waals surface area contributed by atoms with E-state index in [0.717, 1.165) is 12.1 Å². The van der Waals surface area contributed by atoms with Gasteiger partial charge < -0.3 is 4.80 Å². The maximum atomic E-state index is 12.7. The summed E-state index contributed by atoms with van der Waals surface area (Å²) in [6, 6.07) is 5.13. The first kappa shape index (κ1) is 15.2. The molecule has 0 spiro atoms. The molecule has 1 aromatic rings. The monoisotopic (exact) mass is 276 g/mol. The summed E-state index contributed by atoms with van der Waals surface area (Å²) in [4.78, 5) is 10.8. The fourth-order valence-corrected chi connectivity index (χ4v) is 5.69. The van der Waals surface area contributed by atoms with Crippen molar-refractivity contribution in [3.8, 4) is 0 Å². The van der Waals surface area contributed by atoms with E-state index >= 15 is 0 Å². The number of rotatable bonds is 3. The predicted molar refractivity (Wildman–Crippen MR) is 69.2 cm³/mol. The Morgan fingerprint density at radius 1 is 1.06 bits per heavy atom. The van der Waals surface area contributed by atoms with Crippen LogP contribution in [0.4, 0.5) is 13.2 Å². The number of halogens is 3. The van der Waals surface area contributed by atoms with Crippen molar-refractivity contribution in [2.45, 2.75) is 45.0 Å². The van der Waals surface area contributed by atoms with Crippen LogP contribution in [-0.2, 0) is 6.18 Å². The van der Waals surface area contributed by atoms with Crippen LogP contribution in [0.3, 0.4) is 0 Å². The zero-order valence-corrected chi connectivity index (χ0v) is 12.0. The van der Waals surface area contributed by atoms with Crippen LogP contribution in [-0.4, -0.2) is 13.1 Å². The molecule has 0 atom stereocenters. The largest absolute Gasteiger partial charge is 0.427 e.